The van der Waals surface area contributed by atoms with Crippen molar-refractivity contribution in [3.63, 3.8) is 0 Å². The van der Waals surface area contributed by atoms with E-state index in [1.807, 2.05) is 121 Å². The largest absolute Gasteiger partial charge is 0.439 e. The molecule has 4 atom stereocenters. The molecule has 0 bridgehead atoms. The van der Waals surface area contributed by atoms with E-state index >= 15 is 0 Å². The number of aliphatic hydroxyl groups excluding tert-OH is 2. The minimum atomic E-state index is -1.17. The highest BCUT2D eigenvalue weighted by atomic mass is 32.2. The molecule has 4 aromatic rings. The first-order valence-corrected chi connectivity index (χ1v) is 14.2. The first-order chi connectivity index (χ1) is 20.0. The summed E-state index contributed by atoms with van der Waals surface area (Å²) in [6.07, 6.45) is -1.33. The molecule has 2 heterocycles. The summed E-state index contributed by atoms with van der Waals surface area (Å²) >= 11 is 1.31. The minimum absolute atomic E-state index is 0.151. The van der Waals surface area contributed by atoms with E-state index in [1.54, 1.807) is 0 Å². The van der Waals surface area contributed by atoms with E-state index in [0.717, 1.165) is 11.1 Å². The number of hydrazone groups is 2. The number of rotatable bonds is 10. The molecule has 0 aromatic heterocycles. The quantitative estimate of drug-likeness (QED) is 0.217. The highest BCUT2D eigenvalue weighted by Gasteiger charge is 2.53. The van der Waals surface area contributed by atoms with Crippen LogP contribution in [0.2, 0.25) is 0 Å². The van der Waals surface area contributed by atoms with E-state index in [9.17, 15) is 10.2 Å². The summed E-state index contributed by atoms with van der Waals surface area (Å²) in [4.78, 5) is 0. The molecule has 4 unspecified atom stereocenters. The summed E-state index contributed by atoms with van der Waals surface area (Å²) in [5.74, 6) is 0.302. The number of thioether (sulfide) groups is 1. The van der Waals surface area contributed by atoms with E-state index in [2.05, 4.69) is 21.1 Å². The Morgan fingerprint density at radius 2 is 0.902 bits per heavy atom. The third-order valence-electron chi connectivity index (χ3n) is 6.80. The van der Waals surface area contributed by atoms with Gasteiger partial charge in [0.05, 0.1) is 0 Å². The number of nitrogens with zero attached hydrogens (tertiary/aromatic N) is 2. The van der Waals surface area contributed by atoms with Gasteiger partial charge in [-0.2, -0.15) is 0 Å². The Kier molecular flexibility index (Phi) is 7.65. The molecular formula is C32H30N4O4S. The molecule has 0 saturated heterocycles. The lowest BCUT2D eigenvalue weighted by molar-refractivity contribution is 0.0902. The van der Waals surface area contributed by atoms with E-state index in [1.165, 1.54) is 11.8 Å². The van der Waals surface area contributed by atoms with Crippen LogP contribution in [-0.2, 0) is 22.3 Å². The Morgan fingerprint density at radius 3 is 1.27 bits per heavy atom. The smallest absolute Gasteiger partial charge is 0.254 e. The summed E-state index contributed by atoms with van der Waals surface area (Å²) in [5.41, 5.74) is 9.66. The Hall–Kier alpha value is -4.31. The van der Waals surface area contributed by atoms with Crippen LogP contribution in [0.15, 0.2) is 132 Å². The van der Waals surface area contributed by atoms with E-state index in [0.29, 0.717) is 24.0 Å². The third kappa shape index (κ3) is 6.07. The highest BCUT2D eigenvalue weighted by Crippen LogP contribution is 2.45. The monoisotopic (exact) mass is 566 g/mol. The SMILES string of the molecule is OC(C1=NNC(Cc2ccccc2)(SC2(Cc3ccccc3)NN=C(C(O)c3ccccc3)O2)O1)c1ccccc1. The number of aliphatic hydroxyl groups is 2. The zero-order valence-electron chi connectivity index (χ0n) is 22.1. The number of nitrogens with one attached hydrogen (secondary N) is 2. The van der Waals surface area contributed by atoms with Crippen LogP contribution < -0.4 is 10.9 Å². The molecule has 0 saturated carbocycles. The van der Waals surface area contributed by atoms with E-state index < -0.39 is 22.3 Å². The Bertz CT molecular complexity index is 1390. The molecule has 8 nitrogen and oxygen atoms in total. The van der Waals surface area contributed by atoms with E-state index in [4.69, 9.17) is 9.47 Å². The molecule has 2 aliphatic rings. The van der Waals surface area contributed by atoms with Crippen LogP contribution in [0, 0.1) is 0 Å². The molecule has 41 heavy (non-hydrogen) atoms. The first kappa shape index (κ1) is 26.9. The van der Waals surface area contributed by atoms with Gasteiger partial charge in [-0.25, -0.2) is 0 Å². The molecule has 0 fully saturated rings. The zero-order valence-corrected chi connectivity index (χ0v) is 22.9. The van der Waals surface area contributed by atoms with Crippen LogP contribution in [0.25, 0.3) is 0 Å². The molecule has 4 N–H and O–H groups in total. The van der Waals surface area contributed by atoms with Crippen molar-refractivity contribution in [2.75, 3.05) is 0 Å². The number of benzene rings is 4. The Morgan fingerprint density at radius 1 is 0.561 bits per heavy atom. The molecule has 6 rings (SSSR count). The van der Waals surface area contributed by atoms with Crippen LogP contribution in [-0.4, -0.2) is 32.1 Å². The predicted molar refractivity (Wildman–Crippen MR) is 159 cm³/mol. The molecule has 9 heteroatoms. The molecule has 208 valence electrons. The second-order valence-electron chi connectivity index (χ2n) is 9.89. The highest BCUT2D eigenvalue weighted by molar-refractivity contribution is 8.01. The number of hydrogen-bond acceptors (Lipinski definition) is 9. The Balaban J connectivity index is 1.31. The van der Waals surface area contributed by atoms with Crippen molar-refractivity contribution in [3.05, 3.63) is 144 Å². The zero-order chi connectivity index (χ0) is 28.1. The second kappa shape index (κ2) is 11.7. The normalized spacial score (nSPS) is 22.8. The van der Waals surface area contributed by atoms with Crippen molar-refractivity contribution in [3.8, 4) is 0 Å². The standard InChI is InChI=1S/C32H30N4O4S/c37-27(25-17-9-3-10-18-25)29-33-35-31(39-29,21-23-13-5-1-6-14-23)41-32(22-24-15-7-2-8-16-24)36-34-30(40-32)28(38)26-19-11-4-12-20-26/h1-20,27-28,35-38H,21-22H2. The van der Waals surface area contributed by atoms with Crippen molar-refractivity contribution in [2.24, 2.45) is 10.2 Å². The maximum absolute atomic E-state index is 11.1. The van der Waals surface area contributed by atoms with Crippen molar-refractivity contribution in [2.45, 2.75) is 35.2 Å². The topological polar surface area (TPSA) is 108 Å². The molecule has 0 spiro atoms. The molecule has 4 aromatic carbocycles. The van der Waals surface area contributed by atoms with Gasteiger partial charge in [0.15, 0.2) is 12.2 Å². The molecule has 0 amide bonds. The number of ether oxygens (including phenoxy) is 2. The van der Waals surface area contributed by atoms with Gasteiger partial charge in [0.2, 0.25) is 11.8 Å². The predicted octanol–water partition coefficient (Wildman–Crippen LogP) is 4.85. The number of hydrogen-bond donors (Lipinski definition) is 4. The average molecular weight is 567 g/mol. The van der Waals surface area contributed by atoms with Gasteiger partial charge in [-0.1, -0.05) is 121 Å². The first-order valence-electron chi connectivity index (χ1n) is 13.3. The van der Waals surface area contributed by atoms with Gasteiger partial charge < -0.3 is 19.7 Å². The van der Waals surface area contributed by atoms with Crippen LogP contribution in [0.5, 0.6) is 0 Å². The Labute approximate surface area is 242 Å². The lowest BCUT2D eigenvalue weighted by Crippen LogP contribution is -2.51. The van der Waals surface area contributed by atoms with Crippen LogP contribution in [0.3, 0.4) is 0 Å². The molecule has 0 aliphatic carbocycles. The molecule has 0 radical (unpaired) electrons. The maximum atomic E-state index is 11.1. The van der Waals surface area contributed by atoms with Crippen molar-refractivity contribution in [1.29, 1.82) is 0 Å². The lowest BCUT2D eigenvalue weighted by Gasteiger charge is -2.37. The summed E-state index contributed by atoms with van der Waals surface area (Å²) in [6.45, 7) is 0. The minimum Gasteiger partial charge on any atom is -0.439 e. The summed E-state index contributed by atoms with van der Waals surface area (Å²) in [6, 6.07) is 38.3. The third-order valence-corrected chi connectivity index (χ3v) is 8.10. The van der Waals surface area contributed by atoms with Crippen LogP contribution in [0.4, 0.5) is 0 Å². The fraction of sp³-hybridized carbons (Fsp3) is 0.188. The van der Waals surface area contributed by atoms with E-state index in [-0.39, 0.29) is 11.8 Å². The second-order valence-corrected chi connectivity index (χ2v) is 11.4. The summed E-state index contributed by atoms with van der Waals surface area (Å²) in [7, 11) is 0. The average Bonchev–Trinajstić information content (AvgIpc) is 3.62. The maximum Gasteiger partial charge on any atom is 0.254 e. The van der Waals surface area contributed by atoms with Crippen molar-refractivity contribution < 1.29 is 19.7 Å². The van der Waals surface area contributed by atoms with Gasteiger partial charge in [-0.05, 0) is 34.0 Å². The van der Waals surface area contributed by atoms with Crippen molar-refractivity contribution >= 4 is 23.6 Å². The van der Waals surface area contributed by atoms with Gasteiger partial charge in [0.25, 0.3) is 10.1 Å². The van der Waals surface area contributed by atoms with Gasteiger partial charge in [0, 0.05) is 12.8 Å². The van der Waals surface area contributed by atoms with Crippen LogP contribution >= 0.6 is 11.8 Å². The lowest BCUT2D eigenvalue weighted by atomic mass is 10.1. The van der Waals surface area contributed by atoms with Gasteiger partial charge in [0.1, 0.15) is 0 Å². The molecular weight excluding hydrogens is 536 g/mol. The fourth-order valence-corrected chi connectivity index (χ4v) is 6.25. The molecule has 2 aliphatic heterocycles. The fourth-order valence-electron chi connectivity index (χ4n) is 4.81. The van der Waals surface area contributed by atoms with Gasteiger partial charge >= 0.3 is 0 Å². The van der Waals surface area contributed by atoms with Gasteiger partial charge in [-0.3, -0.25) is 10.9 Å². The van der Waals surface area contributed by atoms with Crippen LogP contribution in [0.1, 0.15) is 34.5 Å². The summed E-state index contributed by atoms with van der Waals surface area (Å²) in [5, 5.41) is 28.8. The van der Waals surface area contributed by atoms with Gasteiger partial charge in [-0.15, -0.1) is 10.2 Å². The van der Waals surface area contributed by atoms with Crippen molar-refractivity contribution in [1.82, 2.24) is 10.9 Å². The summed E-state index contributed by atoms with van der Waals surface area (Å²) < 4.78 is 13.0.